The minimum atomic E-state index is 0.310. The van der Waals surface area contributed by atoms with E-state index in [4.69, 9.17) is 5.26 Å². The first-order valence-corrected chi connectivity index (χ1v) is 9.02. The maximum atomic E-state index is 8.88. The van der Waals surface area contributed by atoms with Crippen molar-refractivity contribution >= 4 is 22.5 Å². The van der Waals surface area contributed by atoms with Crippen molar-refractivity contribution in [3.05, 3.63) is 48.3 Å². The van der Waals surface area contributed by atoms with E-state index < -0.39 is 0 Å². The highest BCUT2D eigenvalue weighted by Crippen LogP contribution is 2.40. The lowest BCUT2D eigenvalue weighted by Crippen LogP contribution is -2.16. The maximum absolute atomic E-state index is 8.88. The second kappa shape index (κ2) is 6.06. The van der Waals surface area contributed by atoms with Gasteiger partial charge < -0.3 is 10.3 Å². The zero-order chi connectivity index (χ0) is 18.4. The second-order valence-corrected chi connectivity index (χ2v) is 7.16. The Labute approximate surface area is 155 Å². The molecule has 1 aliphatic carbocycles. The van der Waals surface area contributed by atoms with Gasteiger partial charge in [0.25, 0.3) is 0 Å². The van der Waals surface area contributed by atoms with E-state index in [1.807, 2.05) is 24.4 Å². The largest absolute Gasteiger partial charge is 0.381 e. The molecule has 0 bridgehead atoms. The van der Waals surface area contributed by atoms with Crippen molar-refractivity contribution in [2.45, 2.75) is 31.7 Å². The second-order valence-electron chi connectivity index (χ2n) is 7.16. The van der Waals surface area contributed by atoms with Crippen molar-refractivity contribution in [1.29, 1.82) is 5.26 Å². The molecule has 4 aromatic heterocycles. The lowest BCUT2D eigenvalue weighted by atomic mass is 9.97. The molecule has 0 radical (unpaired) electrons. The fourth-order valence-corrected chi connectivity index (χ4v) is 4.15. The van der Waals surface area contributed by atoms with Crippen molar-refractivity contribution in [2.75, 3.05) is 5.32 Å². The first kappa shape index (κ1) is 15.8. The predicted molar refractivity (Wildman–Crippen MR) is 100 cm³/mol. The molecule has 1 saturated carbocycles. The lowest BCUT2D eigenvalue weighted by Gasteiger charge is -2.14. The zero-order valence-electron chi connectivity index (χ0n) is 14.8. The van der Waals surface area contributed by atoms with E-state index in [-0.39, 0.29) is 0 Å². The molecule has 5 rings (SSSR count). The third kappa shape index (κ3) is 2.59. The van der Waals surface area contributed by atoms with Crippen LogP contribution in [0.2, 0.25) is 0 Å². The van der Waals surface area contributed by atoms with Crippen molar-refractivity contribution in [3.8, 4) is 6.07 Å². The topological polar surface area (TPSA) is 108 Å². The Morgan fingerprint density at radius 1 is 1.19 bits per heavy atom. The Bertz CT molecular complexity index is 1150. The smallest absolute Gasteiger partial charge is 0.179 e. The number of aromatic nitrogens is 6. The van der Waals surface area contributed by atoms with Gasteiger partial charge in [-0.2, -0.15) is 5.26 Å². The SMILES string of the molecule is C[C@@H]1C[C@H](Nc2ccc(C#N)nc2)C[C@@H]1c1nnc2cnc3[nH]ccc3n12. The van der Waals surface area contributed by atoms with Crippen molar-refractivity contribution in [3.63, 3.8) is 0 Å². The molecule has 0 spiro atoms. The summed E-state index contributed by atoms with van der Waals surface area (Å²) in [5, 5.41) is 21.3. The molecule has 0 aromatic carbocycles. The minimum absolute atomic E-state index is 0.310. The molecule has 4 heterocycles. The zero-order valence-corrected chi connectivity index (χ0v) is 14.8. The number of aromatic amines is 1. The third-order valence-electron chi connectivity index (χ3n) is 5.43. The highest BCUT2D eigenvalue weighted by atomic mass is 15.3. The van der Waals surface area contributed by atoms with Crippen LogP contribution in [0.3, 0.4) is 0 Å². The number of nitrogens with one attached hydrogen (secondary N) is 2. The molecular weight excluding hydrogens is 340 g/mol. The molecule has 27 heavy (non-hydrogen) atoms. The van der Waals surface area contributed by atoms with Gasteiger partial charge in [-0.1, -0.05) is 6.92 Å². The van der Waals surface area contributed by atoms with Gasteiger partial charge in [0.2, 0.25) is 0 Å². The van der Waals surface area contributed by atoms with Gasteiger partial charge in [-0.25, -0.2) is 9.97 Å². The highest BCUT2D eigenvalue weighted by molar-refractivity contribution is 5.74. The predicted octanol–water partition coefficient (Wildman–Crippen LogP) is 2.87. The number of H-pyrrole nitrogens is 1. The fraction of sp³-hybridized carbons (Fsp3) is 0.316. The van der Waals surface area contributed by atoms with E-state index in [0.717, 1.165) is 41.2 Å². The standard InChI is InChI=1S/C19H18N8/c1-11-6-14(24-13-3-2-12(8-20)22-9-13)7-15(11)19-26-25-17-10-23-18-16(27(17)19)4-5-21-18/h2-5,9-11,14-15,21,24H,6-7H2,1H3/t11-,14+,15+/m1/s1. The summed E-state index contributed by atoms with van der Waals surface area (Å²) in [6.45, 7) is 2.26. The van der Waals surface area contributed by atoms with Crippen LogP contribution in [0.5, 0.6) is 0 Å². The van der Waals surface area contributed by atoms with Gasteiger partial charge >= 0.3 is 0 Å². The summed E-state index contributed by atoms with van der Waals surface area (Å²) in [6, 6.07) is 8.03. The number of hydrogen-bond donors (Lipinski definition) is 2. The number of anilines is 1. The Balaban J connectivity index is 1.43. The van der Waals surface area contributed by atoms with Crippen LogP contribution in [0.4, 0.5) is 5.69 Å². The van der Waals surface area contributed by atoms with E-state index in [1.165, 1.54) is 0 Å². The van der Waals surface area contributed by atoms with E-state index in [1.54, 1.807) is 18.5 Å². The van der Waals surface area contributed by atoms with Crippen LogP contribution >= 0.6 is 0 Å². The minimum Gasteiger partial charge on any atom is -0.381 e. The molecule has 8 heteroatoms. The molecule has 8 nitrogen and oxygen atoms in total. The molecule has 4 aromatic rings. The summed E-state index contributed by atoms with van der Waals surface area (Å²) in [6.07, 6.45) is 7.38. The monoisotopic (exact) mass is 358 g/mol. The molecule has 0 aliphatic heterocycles. The van der Waals surface area contributed by atoms with Gasteiger partial charge in [0.05, 0.1) is 23.6 Å². The average Bonchev–Trinajstić information content (AvgIpc) is 3.39. The molecule has 0 saturated heterocycles. The lowest BCUT2D eigenvalue weighted by molar-refractivity contribution is 0.507. The quantitative estimate of drug-likeness (QED) is 0.583. The van der Waals surface area contributed by atoms with Crippen molar-refractivity contribution in [2.24, 2.45) is 5.92 Å². The molecule has 134 valence electrons. The molecule has 1 fully saturated rings. The van der Waals surface area contributed by atoms with Crippen LogP contribution in [0.25, 0.3) is 16.8 Å². The molecule has 0 unspecified atom stereocenters. The molecule has 3 atom stereocenters. The number of nitriles is 1. The summed E-state index contributed by atoms with van der Waals surface area (Å²) in [5.74, 6) is 1.78. The third-order valence-corrected chi connectivity index (χ3v) is 5.43. The van der Waals surface area contributed by atoms with Crippen molar-refractivity contribution < 1.29 is 0 Å². The summed E-state index contributed by atoms with van der Waals surface area (Å²) < 4.78 is 2.12. The van der Waals surface area contributed by atoms with E-state index in [9.17, 15) is 0 Å². The Morgan fingerprint density at radius 2 is 2.11 bits per heavy atom. The number of fused-ring (bicyclic) bond motifs is 3. The van der Waals surface area contributed by atoms with Crippen LogP contribution in [0, 0.1) is 17.2 Å². The Kier molecular flexibility index (Phi) is 3.53. The fourth-order valence-electron chi connectivity index (χ4n) is 4.15. The number of pyridine rings is 1. The highest BCUT2D eigenvalue weighted by Gasteiger charge is 2.35. The summed E-state index contributed by atoms with van der Waals surface area (Å²) in [4.78, 5) is 11.7. The number of rotatable bonds is 3. The summed E-state index contributed by atoms with van der Waals surface area (Å²) >= 11 is 0. The van der Waals surface area contributed by atoms with Crippen LogP contribution in [-0.2, 0) is 0 Å². The van der Waals surface area contributed by atoms with Crippen LogP contribution in [0.15, 0.2) is 36.8 Å². The van der Waals surface area contributed by atoms with E-state index >= 15 is 0 Å². The van der Waals surface area contributed by atoms with Crippen LogP contribution < -0.4 is 5.32 Å². The summed E-state index contributed by atoms with van der Waals surface area (Å²) in [5.41, 5.74) is 3.99. The van der Waals surface area contributed by atoms with Crippen LogP contribution in [-0.4, -0.2) is 35.6 Å². The van der Waals surface area contributed by atoms with Gasteiger partial charge in [0.15, 0.2) is 11.3 Å². The normalized spacial score (nSPS) is 22.3. The molecule has 0 amide bonds. The first-order chi connectivity index (χ1) is 13.2. The van der Waals surface area contributed by atoms with E-state index in [2.05, 4.69) is 41.8 Å². The molecular formula is C19H18N8. The van der Waals surface area contributed by atoms with Gasteiger partial charge in [0.1, 0.15) is 17.6 Å². The van der Waals surface area contributed by atoms with E-state index in [0.29, 0.717) is 23.6 Å². The Hall–Kier alpha value is -3.47. The maximum Gasteiger partial charge on any atom is 0.179 e. The number of nitrogens with zero attached hydrogens (tertiary/aromatic N) is 6. The molecule has 1 aliphatic rings. The Morgan fingerprint density at radius 3 is 2.93 bits per heavy atom. The molecule has 2 N–H and O–H groups in total. The van der Waals surface area contributed by atoms with Gasteiger partial charge in [-0.3, -0.25) is 4.40 Å². The summed E-state index contributed by atoms with van der Waals surface area (Å²) in [7, 11) is 0. The van der Waals surface area contributed by atoms with Crippen molar-refractivity contribution in [1.82, 2.24) is 29.5 Å². The average molecular weight is 358 g/mol. The van der Waals surface area contributed by atoms with Gasteiger partial charge in [0, 0.05) is 18.2 Å². The van der Waals surface area contributed by atoms with Crippen LogP contribution in [0.1, 0.15) is 37.2 Å². The number of hydrogen-bond acceptors (Lipinski definition) is 6. The van der Waals surface area contributed by atoms with Gasteiger partial charge in [-0.15, -0.1) is 10.2 Å². The van der Waals surface area contributed by atoms with Gasteiger partial charge in [-0.05, 0) is 37.0 Å². The first-order valence-electron chi connectivity index (χ1n) is 9.02.